The van der Waals surface area contributed by atoms with Crippen molar-refractivity contribution < 1.29 is 19.1 Å². The number of likely N-dealkylation sites (tertiary alicyclic amines) is 1. The Labute approximate surface area is 139 Å². The van der Waals surface area contributed by atoms with E-state index >= 15 is 0 Å². The molecule has 1 aromatic carbocycles. The van der Waals surface area contributed by atoms with Gasteiger partial charge in [-0.25, -0.2) is 4.39 Å². The molecular formula is C16H20ClFN2O3. The van der Waals surface area contributed by atoms with E-state index in [2.05, 4.69) is 0 Å². The van der Waals surface area contributed by atoms with Gasteiger partial charge >= 0.3 is 5.97 Å². The SMILES string of the molecule is CN(CC(=O)O)C1CCCN(C(=O)c2c(F)cccc2Cl)CC1. The molecule has 1 saturated heterocycles. The third-order valence-electron chi connectivity index (χ3n) is 4.17. The van der Waals surface area contributed by atoms with Crippen molar-refractivity contribution in [3.63, 3.8) is 0 Å². The zero-order chi connectivity index (χ0) is 17.0. The number of hydrogen-bond acceptors (Lipinski definition) is 3. The summed E-state index contributed by atoms with van der Waals surface area (Å²) in [5, 5.41) is 8.98. The summed E-state index contributed by atoms with van der Waals surface area (Å²) in [6.07, 6.45) is 2.20. The number of carboxylic acid groups (broad SMARTS) is 1. The molecule has 126 valence electrons. The van der Waals surface area contributed by atoms with Gasteiger partial charge in [-0.1, -0.05) is 17.7 Å². The lowest BCUT2D eigenvalue weighted by Crippen LogP contribution is -2.37. The first-order valence-electron chi connectivity index (χ1n) is 7.55. The lowest BCUT2D eigenvalue weighted by atomic mass is 10.1. The Morgan fingerprint density at radius 1 is 1.39 bits per heavy atom. The molecule has 23 heavy (non-hydrogen) atoms. The Morgan fingerprint density at radius 2 is 2.13 bits per heavy atom. The number of aliphatic carboxylic acids is 1. The van der Waals surface area contributed by atoms with Crippen LogP contribution in [0.15, 0.2) is 18.2 Å². The van der Waals surface area contributed by atoms with E-state index in [1.165, 1.54) is 18.2 Å². The Kier molecular flexibility index (Phi) is 5.96. The number of nitrogens with zero attached hydrogens (tertiary/aromatic N) is 2. The number of amides is 1. The van der Waals surface area contributed by atoms with Gasteiger partial charge in [0.15, 0.2) is 0 Å². The molecule has 1 fully saturated rings. The number of halogens is 2. The molecule has 0 saturated carbocycles. The van der Waals surface area contributed by atoms with Gasteiger partial charge in [0, 0.05) is 19.1 Å². The third-order valence-corrected chi connectivity index (χ3v) is 4.48. The number of carbonyl (C=O) groups is 2. The van der Waals surface area contributed by atoms with E-state index in [1.54, 1.807) is 16.8 Å². The highest BCUT2D eigenvalue weighted by molar-refractivity contribution is 6.33. The van der Waals surface area contributed by atoms with Crippen molar-refractivity contribution in [1.29, 1.82) is 0 Å². The number of carbonyl (C=O) groups excluding carboxylic acids is 1. The lowest BCUT2D eigenvalue weighted by Gasteiger charge is -2.25. The maximum Gasteiger partial charge on any atom is 0.317 e. The van der Waals surface area contributed by atoms with Crippen LogP contribution in [-0.2, 0) is 4.79 Å². The zero-order valence-electron chi connectivity index (χ0n) is 13.0. The maximum absolute atomic E-state index is 13.9. The highest BCUT2D eigenvalue weighted by Crippen LogP contribution is 2.23. The largest absolute Gasteiger partial charge is 0.480 e. The van der Waals surface area contributed by atoms with Crippen LogP contribution in [-0.4, -0.2) is 59.5 Å². The minimum absolute atomic E-state index is 0.0300. The predicted octanol–water partition coefficient (Wildman–Crippen LogP) is 2.49. The minimum atomic E-state index is -0.872. The van der Waals surface area contributed by atoms with Gasteiger partial charge in [-0.05, 0) is 38.4 Å². The lowest BCUT2D eigenvalue weighted by molar-refractivity contribution is -0.138. The Bertz CT molecular complexity index is 576. The maximum atomic E-state index is 13.9. The van der Waals surface area contributed by atoms with Crippen LogP contribution in [0.4, 0.5) is 4.39 Å². The summed E-state index contributed by atoms with van der Waals surface area (Å²) < 4.78 is 13.9. The van der Waals surface area contributed by atoms with Crippen LogP contribution in [0.2, 0.25) is 5.02 Å². The second kappa shape index (κ2) is 7.75. The first-order chi connectivity index (χ1) is 10.9. The Balaban J connectivity index is 2.05. The summed E-state index contributed by atoms with van der Waals surface area (Å²) in [7, 11) is 1.77. The highest BCUT2D eigenvalue weighted by Gasteiger charge is 2.27. The molecule has 1 amide bonds. The molecule has 1 unspecified atom stereocenters. The monoisotopic (exact) mass is 342 g/mol. The molecule has 0 bridgehead atoms. The van der Waals surface area contributed by atoms with Crippen molar-refractivity contribution in [3.8, 4) is 0 Å². The quantitative estimate of drug-likeness (QED) is 0.913. The molecule has 1 aliphatic rings. The topological polar surface area (TPSA) is 60.9 Å². The van der Waals surface area contributed by atoms with Crippen molar-refractivity contribution in [3.05, 3.63) is 34.6 Å². The molecular weight excluding hydrogens is 323 g/mol. The van der Waals surface area contributed by atoms with Gasteiger partial charge in [-0.15, -0.1) is 0 Å². The average Bonchev–Trinajstić information content (AvgIpc) is 2.72. The van der Waals surface area contributed by atoms with Gasteiger partial charge in [0.05, 0.1) is 17.1 Å². The fraction of sp³-hybridized carbons (Fsp3) is 0.500. The van der Waals surface area contributed by atoms with Crippen molar-refractivity contribution >= 4 is 23.5 Å². The molecule has 0 aliphatic carbocycles. The van der Waals surface area contributed by atoms with Crippen molar-refractivity contribution in [2.75, 3.05) is 26.7 Å². The van der Waals surface area contributed by atoms with Crippen molar-refractivity contribution in [1.82, 2.24) is 9.80 Å². The van der Waals surface area contributed by atoms with Gasteiger partial charge in [-0.3, -0.25) is 14.5 Å². The van der Waals surface area contributed by atoms with E-state index < -0.39 is 17.7 Å². The molecule has 2 rings (SSSR count). The number of carboxylic acids is 1. The van der Waals surface area contributed by atoms with E-state index in [1.807, 2.05) is 0 Å². The van der Waals surface area contributed by atoms with E-state index in [9.17, 15) is 14.0 Å². The highest BCUT2D eigenvalue weighted by atomic mass is 35.5. The molecule has 1 N–H and O–H groups in total. The second-order valence-corrected chi connectivity index (χ2v) is 6.19. The van der Waals surface area contributed by atoms with Crippen LogP contribution in [0.1, 0.15) is 29.6 Å². The Morgan fingerprint density at radius 3 is 2.78 bits per heavy atom. The molecule has 1 heterocycles. The molecule has 0 spiro atoms. The molecule has 5 nitrogen and oxygen atoms in total. The van der Waals surface area contributed by atoms with Crippen LogP contribution in [0, 0.1) is 5.82 Å². The van der Waals surface area contributed by atoms with E-state index in [4.69, 9.17) is 16.7 Å². The van der Waals surface area contributed by atoms with Gasteiger partial charge in [0.1, 0.15) is 5.82 Å². The zero-order valence-corrected chi connectivity index (χ0v) is 13.7. The van der Waals surface area contributed by atoms with Gasteiger partial charge in [-0.2, -0.15) is 0 Å². The number of likely N-dealkylation sites (N-methyl/N-ethyl adjacent to an activating group) is 1. The smallest absolute Gasteiger partial charge is 0.317 e. The van der Waals surface area contributed by atoms with Gasteiger partial charge in [0.25, 0.3) is 5.91 Å². The van der Waals surface area contributed by atoms with E-state index in [0.717, 1.165) is 12.8 Å². The van der Waals surface area contributed by atoms with E-state index in [-0.39, 0.29) is 23.2 Å². The fourth-order valence-corrected chi connectivity index (χ4v) is 3.17. The van der Waals surface area contributed by atoms with Crippen LogP contribution in [0.5, 0.6) is 0 Å². The summed E-state index contributed by atoms with van der Waals surface area (Å²) in [6.45, 7) is 0.941. The molecule has 1 aromatic rings. The number of rotatable bonds is 4. The molecule has 0 aromatic heterocycles. The van der Waals surface area contributed by atoms with Gasteiger partial charge < -0.3 is 10.0 Å². The van der Waals surface area contributed by atoms with Crippen molar-refractivity contribution in [2.45, 2.75) is 25.3 Å². The summed E-state index contributed by atoms with van der Waals surface area (Å²) in [5.74, 6) is -1.90. The third kappa shape index (κ3) is 4.42. The van der Waals surface area contributed by atoms with E-state index in [0.29, 0.717) is 19.5 Å². The molecule has 1 aliphatic heterocycles. The first kappa shape index (κ1) is 17.7. The first-order valence-corrected chi connectivity index (χ1v) is 7.93. The predicted molar refractivity (Wildman–Crippen MR) is 85.2 cm³/mol. The van der Waals surface area contributed by atoms with Crippen molar-refractivity contribution in [2.24, 2.45) is 0 Å². The van der Waals surface area contributed by atoms with Gasteiger partial charge in [0.2, 0.25) is 0 Å². The second-order valence-electron chi connectivity index (χ2n) is 5.78. The standard InChI is InChI=1S/C16H20ClFN2O3/c1-19(10-14(21)22)11-4-3-8-20(9-7-11)16(23)15-12(17)5-2-6-13(15)18/h2,5-6,11H,3-4,7-10H2,1H3,(H,21,22). The Hall–Kier alpha value is -1.66. The van der Waals surface area contributed by atoms with Crippen LogP contribution in [0.25, 0.3) is 0 Å². The van der Waals surface area contributed by atoms with Crippen LogP contribution >= 0.6 is 11.6 Å². The van der Waals surface area contributed by atoms with Crippen LogP contribution < -0.4 is 0 Å². The van der Waals surface area contributed by atoms with Crippen LogP contribution in [0.3, 0.4) is 0 Å². The molecule has 7 heteroatoms. The molecule has 1 atom stereocenters. The number of hydrogen-bond donors (Lipinski definition) is 1. The molecule has 0 radical (unpaired) electrons. The summed E-state index contributed by atoms with van der Waals surface area (Å²) in [6, 6.07) is 4.28. The summed E-state index contributed by atoms with van der Waals surface area (Å²) >= 11 is 5.96. The average molecular weight is 343 g/mol. The number of benzene rings is 1. The summed E-state index contributed by atoms with van der Waals surface area (Å²) in [5.41, 5.74) is -0.0912. The normalized spacial score (nSPS) is 18.8. The fourth-order valence-electron chi connectivity index (χ4n) is 2.93. The summed E-state index contributed by atoms with van der Waals surface area (Å²) in [4.78, 5) is 26.7. The minimum Gasteiger partial charge on any atom is -0.480 e.